The van der Waals surface area contributed by atoms with Crippen molar-refractivity contribution in [3.8, 4) is 5.75 Å². The third-order valence-electron chi connectivity index (χ3n) is 6.95. The number of benzene rings is 1. The van der Waals surface area contributed by atoms with Gasteiger partial charge in [0.2, 0.25) is 17.7 Å². The van der Waals surface area contributed by atoms with Gasteiger partial charge in [-0.2, -0.15) is 0 Å². The van der Waals surface area contributed by atoms with Gasteiger partial charge in [-0.1, -0.05) is 71.9 Å². The molecule has 0 aliphatic carbocycles. The summed E-state index contributed by atoms with van der Waals surface area (Å²) >= 11 is 0. The third kappa shape index (κ3) is 9.12. The SMILES string of the molecule is CCCCCCC[C@H](O)[C@@H](C)C(=O)N(C)[C@H](Cc1ccc(OC)cc1)C(=O)N(C)[C@H](C(N)=O)C(C)C. The minimum atomic E-state index is -0.865. The molecule has 1 aromatic rings. The summed E-state index contributed by atoms with van der Waals surface area (Å²) < 4.78 is 5.22. The molecule has 0 aromatic heterocycles. The van der Waals surface area contributed by atoms with Gasteiger partial charge in [0.15, 0.2) is 0 Å². The number of ether oxygens (including phenoxy) is 1. The fraction of sp³-hybridized carbons (Fsp3) is 0.679. The zero-order valence-corrected chi connectivity index (χ0v) is 23.2. The fourth-order valence-electron chi connectivity index (χ4n) is 4.56. The summed E-state index contributed by atoms with van der Waals surface area (Å²) in [6.45, 7) is 7.50. The molecular weight excluding hydrogens is 458 g/mol. The first-order chi connectivity index (χ1) is 17.0. The van der Waals surface area contributed by atoms with E-state index < -0.39 is 30.0 Å². The van der Waals surface area contributed by atoms with Crippen molar-refractivity contribution < 1.29 is 24.2 Å². The van der Waals surface area contributed by atoms with Crippen molar-refractivity contribution in [1.82, 2.24) is 9.80 Å². The highest BCUT2D eigenvalue weighted by atomic mass is 16.5. The van der Waals surface area contributed by atoms with Gasteiger partial charge in [0.25, 0.3) is 0 Å². The number of unbranched alkanes of at least 4 members (excludes halogenated alkanes) is 4. The largest absolute Gasteiger partial charge is 0.497 e. The van der Waals surface area contributed by atoms with E-state index in [0.717, 1.165) is 31.2 Å². The standard InChI is InChI=1S/C28H47N3O5/c1-8-9-10-11-12-13-24(32)20(4)27(34)30(5)23(18-21-14-16-22(36-7)17-15-21)28(35)31(6)25(19(2)3)26(29)33/h14-17,19-20,23-25,32H,8-13,18H2,1-7H3,(H2,29,33)/t20-,23-,24+,25+/m1/s1. The summed E-state index contributed by atoms with van der Waals surface area (Å²) in [6.07, 6.45) is 5.31. The van der Waals surface area contributed by atoms with Crippen LogP contribution >= 0.6 is 0 Å². The van der Waals surface area contributed by atoms with Gasteiger partial charge in [0.1, 0.15) is 17.8 Å². The van der Waals surface area contributed by atoms with Crippen molar-refractivity contribution >= 4 is 17.7 Å². The monoisotopic (exact) mass is 505 g/mol. The number of likely N-dealkylation sites (N-methyl/N-ethyl adjacent to an activating group) is 2. The summed E-state index contributed by atoms with van der Waals surface area (Å²) in [6, 6.07) is 5.63. The number of primary amides is 1. The van der Waals surface area contributed by atoms with Crippen molar-refractivity contribution in [1.29, 1.82) is 0 Å². The zero-order chi connectivity index (χ0) is 27.4. The predicted octanol–water partition coefficient (Wildman–Crippen LogP) is 3.39. The van der Waals surface area contributed by atoms with Crippen molar-refractivity contribution in [2.45, 2.75) is 90.8 Å². The van der Waals surface area contributed by atoms with E-state index >= 15 is 0 Å². The molecule has 0 heterocycles. The molecule has 0 aliphatic rings. The van der Waals surface area contributed by atoms with Crippen LogP contribution in [0.15, 0.2) is 24.3 Å². The lowest BCUT2D eigenvalue weighted by atomic mass is 9.95. The topological polar surface area (TPSA) is 113 Å². The first-order valence-electron chi connectivity index (χ1n) is 13.1. The summed E-state index contributed by atoms with van der Waals surface area (Å²) in [5, 5.41) is 10.7. The lowest BCUT2D eigenvalue weighted by Crippen LogP contribution is -2.57. The predicted molar refractivity (Wildman–Crippen MR) is 142 cm³/mol. The molecule has 8 nitrogen and oxygen atoms in total. The van der Waals surface area contributed by atoms with Crippen LogP contribution < -0.4 is 10.5 Å². The highest BCUT2D eigenvalue weighted by Gasteiger charge is 2.37. The summed E-state index contributed by atoms with van der Waals surface area (Å²) in [7, 11) is 4.71. The molecule has 0 bridgehead atoms. The van der Waals surface area contributed by atoms with Gasteiger partial charge >= 0.3 is 0 Å². The number of rotatable bonds is 16. The molecule has 0 saturated heterocycles. The van der Waals surface area contributed by atoms with E-state index in [1.165, 1.54) is 16.2 Å². The summed E-state index contributed by atoms with van der Waals surface area (Å²) in [5.74, 6) is -1.43. The maximum atomic E-state index is 13.7. The van der Waals surface area contributed by atoms with Crippen LogP contribution in [0.4, 0.5) is 0 Å². The maximum Gasteiger partial charge on any atom is 0.246 e. The van der Waals surface area contributed by atoms with E-state index in [1.54, 1.807) is 40.3 Å². The minimum Gasteiger partial charge on any atom is -0.497 e. The number of amides is 3. The number of nitrogens with two attached hydrogens (primary N) is 1. The lowest BCUT2D eigenvalue weighted by Gasteiger charge is -2.36. The van der Waals surface area contributed by atoms with Gasteiger partial charge in [-0.3, -0.25) is 14.4 Å². The molecule has 0 fully saturated rings. The molecular formula is C28H47N3O5. The Hall–Kier alpha value is -2.61. The number of hydrogen-bond donors (Lipinski definition) is 2. The molecule has 3 N–H and O–H groups in total. The first kappa shape index (κ1) is 31.4. The van der Waals surface area contributed by atoms with Crippen LogP contribution in [-0.2, 0) is 20.8 Å². The number of methoxy groups -OCH3 is 1. The number of aliphatic hydroxyl groups is 1. The van der Waals surface area contributed by atoms with Gasteiger partial charge < -0.3 is 25.4 Å². The average Bonchev–Trinajstić information content (AvgIpc) is 2.85. The molecule has 1 aromatic carbocycles. The molecule has 0 radical (unpaired) electrons. The van der Waals surface area contributed by atoms with E-state index in [2.05, 4.69) is 6.92 Å². The molecule has 8 heteroatoms. The van der Waals surface area contributed by atoms with Crippen molar-refractivity contribution in [3.63, 3.8) is 0 Å². The number of nitrogens with zero attached hydrogens (tertiary/aromatic N) is 2. The first-order valence-corrected chi connectivity index (χ1v) is 13.1. The Kier molecular flexibility index (Phi) is 13.5. The lowest BCUT2D eigenvalue weighted by molar-refractivity contribution is -0.150. The van der Waals surface area contributed by atoms with Crippen LogP contribution in [0.2, 0.25) is 0 Å². The van der Waals surface area contributed by atoms with Crippen molar-refractivity contribution in [3.05, 3.63) is 29.8 Å². The van der Waals surface area contributed by atoms with E-state index in [1.807, 2.05) is 26.0 Å². The molecule has 4 atom stereocenters. The Labute approximate surface area is 217 Å². The Balaban J connectivity index is 3.12. The van der Waals surface area contributed by atoms with Gasteiger partial charge in [-0.25, -0.2) is 0 Å². The van der Waals surface area contributed by atoms with E-state index in [9.17, 15) is 19.5 Å². The van der Waals surface area contributed by atoms with Crippen molar-refractivity contribution in [2.24, 2.45) is 17.6 Å². The molecule has 36 heavy (non-hydrogen) atoms. The van der Waals surface area contributed by atoms with Gasteiger partial charge in [-0.05, 0) is 30.0 Å². The molecule has 204 valence electrons. The number of hydrogen-bond acceptors (Lipinski definition) is 5. The van der Waals surface area contributed by atoms with Crippen LogP contribution in [0.25, 0.3) is 0 Å². The van der Waals surface area contributed by atoms with E-state index in [-0.39, 0.29) is 24.2 Å². The van der Waals surface area contributed by atoms with Gasteiger partial charge in [0, 0.05) is 20.5 Å². The van der Waals surface area contributed by atoms with Gasteiger partial charge in [-0.15, -0.1) is 0 Å². The van der Waals surface area contributed by atoms with Crippen LogP contribution in [0.3, 0.4) is 0 Å². The zero-order valence-electron chi connectivity index (χ0n) is 23.2. The molecule has 0 aliphatic heterocycles. The number of aliphatic hydroxyl groups excluding tert-OH is 1. The van der Waals surface area contributed by atoms with Crippen LogP contribution in [0, 0.1) is 11.8 Å². The minimum absolute atomic E-state index is 0.187. The number of carbonyl (C=O) groups excluding carboxylic acids is 3. The van der Waals surface area contributed by atoms with Crippen LogP contribution in [0.1, 0.15) is 71.8 Å². The summed E-state index contributed by atoms with van der Waals surface area (Å²) in [4.78, 5) is 41.9. The Bertz CT molecular complexity index is 827. The quantitative estimate of drug-likeness (QED) is 0.334. The fourth-order valence-corrected chi connectivity index (χ4v) is 4.56. The Morgan fingerprint density at radius 3 is 2.03 bits per heavy atom. The highest BCUT2D eigenvalue weighted by molar-refractivity contribution is 5.92. The summed E-state index contributed by atoms with van der Waals surface area (Å²) in [5.41, 5.74) is 6.44. The van der Waals surface area contributed by atoms with Crippen molar-refractivity contribution in [2.75, 3.05) is 21.2 Å². The number of carbonyl (C=O) groups is 3. The molecule has 1 rings (SSSR count). The Morgan fingerprint density at radius 2 is 1.53 bits per heavy atom. The second kappa shape index (κ2) is 15.5. The van der Waals surface area contributed by atoms with E-state index in [0.29, 0.717) is 12.2 Å². The Morgan fingerprint density at radius 1 is 0.944 bits per heavy atom. The molecule has 0 unspecified atom stereocenters. The normalized spacial score (nSPS) is 14.6. The second-order valence-corrected chi connectivity index (χ2v) is 10.1. The maximum absolute atomic E-state index is 13.7. The molecule has 0 spiro atoms. The molecule has 3 amide bonds. The molecule has 0 saturated carbocycles. The average molecular weight is 506 g/mol. The third-order valence-corrected chi connectivity index (χ3v) is 6.95. The second-order valence-electron chi connectivity index (χ2n) is 10.1. The van der Waals surface area contributed by atoms with Crippen LogP contribution in [-0.4, -0.2) is 72.0 Å². The highest BCUT2D eigenvalue weighted by Crippen LogP contribution is 2.21. The van der Waals surface area contributed by atoms with E-state index in [4.69, 9.17) is 10.5 Å². The smallest absolute Gasteiger partial charge is 0.246 e. The van der Waals surface area contributed by atoms with Crippen LogP contribution in [0.5, 0.6) is 5.75 Å². The van der Waals surface area contributed by atoms with Gasteiger partial charge in [0.05, 0.1) is 19.1 Å².